The first-order chi connectivity index (χ1) is 13.5. The van der Waals surface area contributed by atoms with Crippen LogP contribution >= 0.6 is 11.3 Å². The van der Waals surface area contributed by atoms with E-state index in [1.807, 2.05) is 43.3 Å². The van der Waals surface area contributed by atoms with Crippen LogP contribution in [0.15, 0.2) is 46.9 Å². The van der Waals surface area contributed by atoms with Gasteiger partial charge in [0.15, 0.2) is 5.76 Å². The molecule has 0 fully saturated rings. The van der Waals surface area contributed by atoms with Crippen LogP contribution in [0.1, 0.15) is 21.1 Å². The number of carbonyl (C=O) groups is 1. The average Bonchev–Trinajstić information content (AvgIpc) is 3.22. The first-order valence-corrected chi connectivity index (χ1v) is 9.81. The molecule has 2 aromatic heterocycles. The number of amides is 1. The topological polar surface area (TPSA) is 58.4 Å². The summed E-state index contributed by atoms with van der Waals surface area (Å²) in [6, 6.07) is 12.2. The Morgan fingerprint density at radius 1 is 1.25 bits per heavy atom. The number of hydrogen-bond donors (Lipinski definition) is 1. The van der Waals surface area contributed by atoms with Crippen molar-refractivity contribution in [2.75, 3.05) is 20.6 Å². The average molecular weight is 397 g/mol. The van der Waals surface area contributed by atoms with Crippen LogP contribution in [-0.2, 0) is 13.0 Å². The van der Waals surface area contributed by atoms with E-state index >= 15 is 0 Å². The van der Waals surface area contributed by atoms with Crippen molar-refractivity contribution in [3.05, 3.63) is 64.6 Å². The zero-order chi connectivity index (χ0) is 19.7. The Balaban J connectivity index is 1.48. The van der Waals surface area contributed by atoms with Crippen LogP contribution in [0.4, 0.5) is 4.39 Å². The van der Waals surface area contributed by atoms with Gasteiger partial charge in [-0.05, 0) is 32.3 Å². The molecule has 0 aliphatic carbocycles. The van der Waals surface area contributed by atoms with Crippen LogP contribution in [0.2, 0.25) is 0 Å². The Hall–Kier alpha value is -2.77. The highest BCUT2D eigenvalue weighted by atomic mass is 32.1. The molecular formula is C21H20FN3O2S. The van der Waals surface area contributed by atoms with Crippen LogP contribution in [0.3, 0.4) is 0 Å². The Bertz CT molecular complexity index is 1150. The smallest absolute Gasteiger partial charge is 0.287 e. The number of carbonyl (C=O) groups excluding carboxylic acids is 1. The van der Waals surface area contributed by atoms with E-state index in [-0.39, 0.29) is 11.7 Å². The quantitative estimate of drug-likeness (QED) is 0.529. The molecule has 4 rings (SSSR count). The summed E-state index contributed by atoms with van der Waals surface area (Å²) < 4.78 is 20.1. The highest BCUT2D eigenvalue weighted by Crippen LogP contribution is 2.27. The second kappa shape index (κ2) is 7.69. The van der Waals surface area contributed by atoms with Crippen molar-refractivity contribution >= 4 is 38.4 Å². The van der Waals surface area contributed by atoms with Crippen molar-refractivity contribution in [3.63, 3.8) is 0 Å². The van der Waals surface area contributed by atoms with Gasteiger partial charge in [0.25, 0.3) is 5.91 Å². The molecule has 28 heavy (non-hydrogen) atoms. The summed E-state index contributed by atoms with van der Waals surface area (Å²) in [4.78, 5) is 19.2. The minimum Gasteiger partial charge on any atom is -0.451 e. The van der Waals surface area contributed by atoms with Gasteiger partial charge in [-0.2, -0.15) is 0 Å². The van der Waals surface area contributed by atoms with Gasteiger partial charge in [0.1, 0.15) is 11.4 Å². The summed E-state index contributed by atoms with van der Waals surface area (Å²) >= 11 is 1.51. The summed E-state index contributed by atoms with van der Waals surface area (Å²) in [5, 5.41) is 4.73. The Kier molecular flexibility index (Phi) is 5.11. The van der Waals surface area contributed by atoms with E-state index in [4.69, 9.17) is 4.42 Å². The number of furan rings is 1. The van der Waals surface area contributed by atoms with Gasteiger partial charge in [-0.3, -0.25) is 4.79 Å². The van der Waals surface area contributed by atoms with Crippen molar-refractivity contribution in [3.8, 4) is 0 Å². The monoisotopic (exact) mass is 397 g/mol. The maximum Gasteiger partial charge on any atom is 0.287 e. The van der Waals surface area contributed by atoms with E-state index in [1.165, 1.54) is 23.5 Å². The molecule has 0 spiro atoms. The minimum absolute atomic E-state index is 0.236. The van der Waals surface area contributed by atoms with Gasteiger partial charge in [0, 0.05) is 36.5 Å². The van der Waals surface area contributed by atoms with E-state index in [2.05, 4.69) is 10.3 Å². The number of benzene rings is 2. The predicted octanol–water partition coefficient (Wildman–Crippen LogP) is 4.22. The maximum atomic E-state index is 13.3. The number of fused-ring (bicyclic) bond motifs is 2. The summed E-state index contributed by atoms with van der Waals surface area (Å²) in [5.74, 6) is -0.183. The lowest BCUT2D eigenvalue weighted by Gasteiger charge is -2.10. The molecule has 144 valence electrons. The van der Waals surface area contributed by atoms with Crippen molar-refractivity contribution in [1.29, 1.82) is 0 Å². The molecule has 5 nitrogen and oxygen atoms in total. The molecule has 1 N–H and O–H groups in total. The third-order valence-electron chi connectivity index (χ3n) is 4.40. The predicted molar refractivity (Wildman–Crippen MR) is 109 cm³/mol. The first kappa shape index (κ1) is 18.6. The van der Waals surface area contributed by atoms with Crippen LogP contribution < -0.4 is 5.32 Å². The number of hydrogen-bond acceptors (Lipinski definition) is 5. The molecule has 4 aromatic rings. The van der Waals surface area contributed by atoms with E-state index in [1.54, 1.807) is 6.07 Å². The Morgan fingerprint density at radius 3 is 2.89 bits per heavy atom. The molecule has 0 radical (unpaired) electrons. The van der Waals surface area contributed by atoms with Crippen LogP contribution in [0.5, 0.6) is 0 Å². The van der Waals surface area contributed by atoms with Crippen LogP contribution in [0, 0.1) is 5.82 Å². The molecule has 7 heteroatoms. The molecule has 0 atom stereocenters. The van der Waals surface area contributed by atoms with Gasteiger partial charge in [0.2, 0.25) is 0 Å². The van der Waals surface area contributed by atoms with Gasteiger partial charge in [-0.1, -0.05) is 18.2 Å². The summed E-state index contributed by atoms with van der Waals surface area (Å²) in [7, 11) is 3.92. The number of aromatic nitrogens is 1. The van der Waals surface area contributed by atoms with Crippen LogP contribution in [-0.4, -0.2) is 36.4 Å². The number of halogens is 1. The lowest BCUT2D eigenvalue weighted by Crippen LogP contribution is -2.26. The van der Waals surface area contributed by atoms with E-state index in [9.17, 15) is 9.18 Å². The summed E-state index contributed by atoms with van der Waals surface area (Å²) in [5.41, 5.74) is 2.24. The van der Waals surface area contributed by atoms with Gasteiger partial charge in [-0.25, -0.2) is 9.37 Å². The lowest BCUT2D eigenvalue weighted by atomic mass is 10.1. The number of thiazole rings is 1. The molecule has 0 bridgehead atoms. The second-order valence-electron chi connectivity index (χ2n) is 6.87. The fourth-order valence-electron chi connectivity index (χ4n) is 3.17. The highest BCUT2D eigenvalue weighted by molar-refractivity contribution is 7.18. The number of para-hydroxylation sites is 1. The van der Waals surface area contributed by atoms with Crippen molar-refractivity contribution < 1.29 is 13.6 Å². The summed E-state index contributed by atoms with van der Waals surface area (Å²) in [6.45, 7) is 1.04. The largest absolute Gasteiger partial charge is 0.451 e. The van der Waals surface area contributed by atoms with Gasteiger partial charge in [0.05, 0.1) is 15.2 Å². The second-order valence-corrected chi connectivity index (χ2v) is 7.98. The number of nitrogens with zero attached hydrogens (tertiary/aromatic N) is 2. The SMILES string of the molecule is CN(C)Cc1c(C(=O)NCCc2nc3cc(F)ccc3s2)oc2ccccc12. The molecule has 2 heterocycles. The van der Waals surface area contributed by atoms with Gasteiger partial charge in [-0.15, -0.1) is 11.3 Å². The van der Waals surface area contributed by atoms with Crippen molar-refractivity contribution in [2.24, 2.45) is 0 Å². The standard InChI is InChI=1S/C21H20FN3O2S/c1-25(2)12-15-14-5-3-4-6-17(14)27-20(15)21(26)23-10-9-19-24-16-11-13(22)7-8-18(16)28-19/h3-8,11H,9-10,12H2,1-2H3,(H,23,26). The zero-order valence-corrected chi connectivity index (χ0v) is 16.5. The molecular weight excluding hydrogens is 377 g/mol. The Morgan fingerprint density at radius 2 is 2.07 bits per heavy atom. The lowest BCUT2D eigenvalue weighted by molar-refractivity contribution is 0.0926. The van der Waals surface area contributed by atoms with Crippen molar-refractivity contribution in [2.45, 2.75) is 13.0 Å². The third kappa shape index (κ3) is 3.76. The van der Waals surface area contributed by atoms with E-state index in [0.717, 1.165) is 20.7 Å². The van der Waals surface area contributed by atoms with Gasteiger partial charge >= 0.3 is 0 Å². The number of nitrogens with one attached hydrogen (secondary N) is 1. The highest BCUT2D eigenvalue weighted by Gasteiger charge is 2.20. The molecule has 0 unspecified atom stereocenters. The Labute approximate surface area is 165 Å². The molecule has 0 saturated heterocycles. The third-order valence-corrected chi connectivity index (χ3v) is 5.49. The molecule has 0 aliphatic heterocycles. The fourth-order valence-corrected chi connectivity index (χ4v) is 4.12. The minimum atomic E-state index is -0.295. The van der Waals surface area contributed by atoms with E-state index in [0.29, 0.717) is 36.4 Å². The zero-order valence-electron chi connectivity index (χ0n) is 15.7. The molecule has 2 aromatic carbocycles. The van der Waals surface area contributed by atoms with Crippen LogP contribution in [0.25, 0.3) is 21.2 Å². The first-order valence-electron chi connectivity index (χ1n) is 8.99. The van der Waals surface area contributed by atoms with Gasteiger partial charge < -0.3 is 14.6 Å². The fraction of sp³-hybridized carbons (Fsp3) is 0.238. The molecule has 1 amide bonds. The molecule has 0 saturated carbocycles. The van der Waals surface area contributed by atoms with Crippen molar-refractivity contribution in [1.82, 2.24) is 15.2 Å². The normalized spacial score (nSPS) is 11.6. The molecule has 0 aliphatic rings. The number of rotatable bonds is 6. The van der Waals surface area contributed by atoms with E-state index < -0.39 is 0 Å². The summed E-state index contributed by atoms with van der Waals surface area (Å²) in [6.07, 6.45) is 0.579. The maximum absolute atomic E-state index is 13.3.